The molecule has 1 aromatic carbocycles. The number of aryl methyl sites for hydroxylation is 2. The van der Waals surface area contributed by atoms with Crippen LogP contribution in [0.15, 0.2) is 12.1 Å². The molecule has 0 aromatic heterocycles. The number of methoxy groups -OCH3 is 1. The van der Waals surface area contributed by atoms with Crippen LogP contribution in [0.4, 0.5) is 5.69 Å². The third kappa shape index (κ3) is 3.47. The molecule has 5 nitrogen and oxygen atoms in total. The van der Waals surface area contributed by atoms with Crippen LogP contribution in [0.3, 0.4) is 0 Å². The van der Waals surface area contributed by atoms with E-state index in [0.717, 1.165) is 11.1 Å². The van der Waals surface area contributed by atoms with Gasteiger partial charge in [0.05, 0.1) is 12.8 Å². The van der Waals surface area contributed by atoms with Crippen molar-refractivity contribution in [3.05, 3.63) is 23.3 Å². The van der Waals surface area contributed by atoms with Gasteiger partial charge in [-0.25, -0.2) is 0 Å². The smallest absolute Gasteiger partial charge is 0.316 e. The summed E-state index contributed by atoms with van der Waals surface area (Å²) in [6, 6.07) is 3.70. The maximum absolute atomic E-state index is 11.9. The molecule has 1 aromatic rings. The van der Waals surface area contributed by atoms with Gasteiger partial charge in [-0.2, -0.15) is 0 Å². The predicted octanol–water partition coefficient (Wildman–Crippen LogP) is 2.36. The zero-order valence-electron chi connectivity index (χ0n) is 11.6. The van der Waals surface area contributed by atoms with Crippen LogP contribution in [0.1, 0.15) is 24.5 Å². The first-order valence-electron chi connectivity index (χ1n) is 6.09. The standard InChI is InChI=1S/C14H19NO4/c1-5-10(14(17)18)13(16)15-12-9(3)6-8(2)7-11(12)19-4/h6-7,10H,5H2,1-4H3,(H,15,16)(H,17,18). The summed E-state index contributed by atoms with van der Waals surface area (Å²) in [4.78, 5) is 22.9. The molecular formula is C14H19NO4. The largest absolute Gasteiger partial charge is 0.495 e. The minimum atomic E-state index is -1.12. The maximum atomic E-state index is 11.9. The van der Waals surface area contributed by atoms with Gasteiger partial charge in [-0.05, 0) is 37.5 Å². The van der Waals surface area contributed by atoms with Crippen molar-refractivity contribution < 1.29 is 19.4 Å². The zero-order chi connectivity index (χ0) is 14.6. The monoisotopic (exact) mass is 265 g/mol. The molecule has 2 N–H and O–H groups in total. The number of aliphatic carboxylic acids is 1. The number of hydrogen-bond acceptors (Lipinski definition) is 3. The van der Waals surface area contributed by atoms with Gasteiger partial charge in [0, 0.05) is 0 Å². The summed E-state index contributed by atoms with van der Waals surface area (Å²) in [5.41, 5.74) is 2.38. The fourth-order valence-corrected chi connectivity index (χ4v) is 1.93. The van der Waals surface area contributed by atoms with Crippen LogP contribution in [0.25, 0.3) is 0 Å². The zero-order valence-corrected chi connectivity index (χ0v) is 11.6. The molecule has 0 fully saturated rings. The van der Waals surface area contributed by atoms with Crippen LogP contribution >= 0.6 is 0 Å². The lowest BCUT2D eigenvalue weighted by Crippen LogP contribution is -2.29. The van der Waals surface area contributed by atoms with Crippen molar-refractivity contribution in [1.29, 1.82) is 0 Å². The van der Waals surface area contributed by atoms with Gasteiger partial charge in [0.2, 0.25) is 5.91 Å². The minimum Gasteiger partial charge on any atom is -0.495 e. The molecule has 0 aliphatic carbocycles. The second-order valence-corrected chi connectivity index (χ2v) is 4.45. The maximum Gasteiger partial charge on any atom is 0.316 e. The second kappa shape index (κ2) is 6.22. The van der Waals surface area contributed by atoms with Gasteiger partial charge in [-0.15, -0.1) is 0 Å². The van der Waals surface area contributed by atoms with E-state index in [9.17, 15) is 9.59 Å². The highest BCUT2D eigenvalue weighted by Crippen LogP contribution is 2.30. The number of anilines is 1. The summed E-state index contributed by atoms with van der Waals surface area (Å²) in [5.74, 6) is -2.17. The molecule has 1 atom stereocenters. The predicted molar refractivity (Wildman–Crippen MR) is 72.5 cm³/mol. The van der Waals surface area contributed by atoms with E-state index in [0.29, 0.717) is 11.4 Å². The van der Waals surface area contributed by atoms with Gasteiger partial charge in [-0.3, -0.25) is 9.59 Å². The van der Waals surface area contributed by atoms with Crippen LogP contribution in [0.5, 0.6) is 5.75 Å². The van der Waals surface area contributed by atoms with Crippen molar-refractivity contribution in [2.75, 3.05) is 12.4 Å². The van der Waals surface area contributed by atoms with Crippen LogP contribution < -0.4 is 10.1 Å². The van der Waals surface area contributed by atoms with E-state index in [-0.39, 0.29) is 6.42 Å². The van der Waals surface area contributed by atoms with E-state index >= 15 is 0 Å². The van der Waals surface area contributed by atoms with E-state index in [1.165, 1.54) is 7.11 Å². The molecule has 1 rings (SSSR count). The molecule has 0 radical (unpaired) electrons. The molecule has 0 aliphatic heterocycles. The SMILES string of the molecule is CCC(C(=O)O)C(=O)Nc1c(C)cc(C)cc1OC. The lowest BCUT2D eigenvalue weighted by atomic mass is 10.0. The van der Waals surface area contributed by atoms with Crippen molar-refractivity contribution in [3.8, 4) is 5.75 Å². The van der Waals surface area contributed by atoms with Gasteiger partial charge in [-0.1, -0.05) is 13.0 Å². The summed E-state index contributed by atoms with van der Waals surface area (Å²) in [5, 5.41) is 11.6. The number of benzene rings is 1. The number of rotatable bonds is 5. The molecule has 0 saturated heterocycles. The molecule has 0 aliphatic rings. The van der Waals surface area contributed by atoms with Gasteiger partial charge in [0.25, 0.3) is 0 Å². The van der Waals surface area contributed by atoms with Crippen LogP contribution in [0, 0.1) is 19.8 Å². The van der Waals surface area contributed by atoms with Crippen molar-refractivity contribution >= 4 is 17.6 Å². The second-order valence-electron chi connectivity index (χ2n) is 4.45. The number of amides is 1. The molecule has 0 saturated carbocycles. The normalized spacial score (nSPS) is 11.8. The van der Waals surface area contributed by atoms with Gasteiger partial charge in [0.15, 0.2) is 0 Å². The van der Waals surface area contributed by atoms with Crippen LogP contribution in [-0.4, -0.2) is 24.1 Å². The number of carbonyl (C=O) groups is 2. The first-order chi connectivity index (χ1) is 8.90. The van der Waals surface area contributed by atoms with E-state index in [1.807, 2.05) is 19.9 Å². The number of ether oxygens (including phenoxy) is 1. The highest BCUT2D eigenvalue weighted by Gasteiger charge is 2.25. The summed E-state index contributed by atoms with van der Waals surface area (Å²) < 4.78 is 5.22. The van der Waals surface area contributed by atoms with Gasteiger partial charge in [0.1, 0.15) is 11.7 Å². The topological polar surface area (TPSA) is 75.6 Å². The number of carboxylic acids is 1. The fraction of sp³-hybridized carbons (Fsp3) is 0.429. The average Bonchev–Trinajstić information content (AvgIpc) is 2.32. The molecule has 5 heteroatoms. The van der Waals surface area contributed by atoms with Crippen molar-refractivity contribution in [3.63, 3.8) is 0 Å². The Morgan fingerprint density at radius 2 is 2.00 bits per heavy atom. The molecule has 104 valence electrons. The lowest BCUT2D eigenvalue weighted by molar-refractivity contribution is -0.145. The Balaban J connectivity index is 3.05. The number of nitrogens with one attached hydrogen (secondary N) is 1. The van der Waals surface area contributed by atoms with Crippen LogP contribution in [-0.2, 0) is 9.59 Å². The average molecular weight is 265 g/mol. The lowest BCUT2D eigenvalue weighted by Gasteiger charge is -2.16. The van der Waals surface area contributed by atoms with Crippen molar-refractivity contribution in [2.45, 2.75) is 27.2 Å². The molecule has 19 heavy (non-hydrogen) atoms. The molecule has 1 unspecified atom stereocenters. The summed E-state index contributed by atoms with van der Waals surface area (Å²) in [6.45, 7) is 5.43. The number of carbonyl (C=O) groups excluding carboxylic acids is 1. The highest BCUT2D eigenvalue weighted by atomic mass is 16.5. The third-order valence-electron chi connectivity index (χ3n) is 2.93. The third-order valence-corrected chi connectivity index (χ3v) is 2.93. The molecule has 0 bridgehead atoms. The van der Waals surface area contributed by atoms with E-state index in [4.69, 9.17) is 9.84 Å². The Kier molecular flexibility index (Phi) is 4.92. The molecule has 0 heterocycles. The van der Waals surface area contributed by atoms with Crippen molar-refractivity contribution in [1.82, 2.24) is 0 Å². The van der Waals surface area contributed by atoms with Crippen LogP contribution in [0.2, 0.25) is 0 Å². The summed E-state index contributed by atoms with van der Waals surface area (Å²) >= 11 is 0. The highest BCUT2D eigenvalue weighted by molar-refractivity contribution is 6.05. The molecular weight excluding hydrogens is 246 g/mol. The number of carboxylic acid groups (broad SMARTS) is 1. The Bertz CT molecular complexity index is 496. The van der Waals surface area contributed by atoms with Crippen molar-refractivity contribution in [2.24, 2.45) is 5.92 Å². The Hall–Kier alpha value is -2.04. The van der Waals surface area contributed by atoms with Gasteiger partial charge < -0.3 is 15.2 Å². The fourth-order valence-electron chi connectivity index (χ4n) is 1.93. The minimum absolute atomic E-state index is 0.244. The summed E-state index contributed by atoms with van der Waals surface area (Å²) in [7, 11) is 1.51. The molecule has 0 spiro atoms. The van der Waals surface area contributed by atoms with E-state index in [2.05, 4.69) is 5.32 Å². The van der Waals surface area contributed by atoms with E-state index in [1.54, 1.807) is 13.0 Å². The first kappa shape index (κ1) is 15.0. The summed E-state index contributed by atoms with van der Waals surface area (Å²) in [6.07, 6.45) is 0.244. The van der Waals surface area contributed by atoms with Gasteiger partial charge >= 0.3 is 5.97 Å². The molecule has 1 amide bonds. The quantitative estimate of drug-likeness (QED) is 0.801. The first-order valence-corrected chi connectivity index (χ1v) is 6.09. The number of hydrogen-bond donors (Lipinski definition) is 2. The Morgan fingerprint density at radius 1 is 1.37 bits per heavy atom. The van der Waals surface area contributed by atoms with E-state index < -0.39 is 17.8 Å². The Labute approximate surface area is 112 Å². The Morgan fingerprint density at radius 3 is 2.47 bits per heavy atom.